The number of rotatable bonds is 10. The molecule has 0 unspecified atom stereocenters. The van der Waals surface area contributed by atoms with Crippen LogP contribution in [-0.2, 0) is 13.0 Å². The highest BCUT2D eigenvalue weighted by Crippen LogP contribution is 2.19. The van der Waals surface area contributed by atoms with Crippen molar-refractivity contribution in [2.75, 3.05) is 13.1 Å². The van der Waals surface area contributed by atoms with E-state index in [-0.39, 0.29) is 0 Å². The fraction of sp³-hybridized carbons (Fsp3) is 0.765. The molecule has 114 valence electrons. The van der Waals surface area contributed by atoms with Gasteiger partial charge in [-0.3, -0.25) is 0 Å². The van der Waals surface area contributed by atoms with Gasteiger partial charge in [0.2, 0.25) is 0 Å². The second-order valence-electron chi connectivity index (χ2n) is 6.50. The highest BCUT2D eigenvalue weighted by atomic mass is 16.3. The van der Waals surface area contributed by atoms with E-state index < -0.39 is 0 Å². The predicted molar refractivity (Wildman–Crippen MR) is 84.0 cm³/mol. The molecule has 1 heterocycles. The topological polar surface area (TPSA) is 37.2 Å². The van der Waals surface area contributed by atoms with Gasteiger partial charge in [-0.25, -0.2) is 0 Å². The number of hydrogen-bond donors (Lipinski definition) is 2. The van der Waals surface area contributed by atoms with Crippen molar-refractivity contribution in [1.82, 2.24) is 10.6 Å². The molecule has 3 heteroatoms. The van der Waals surface area contributed by atoms with Crippen LogP contribution in [0.3, 0.4) is 0 Å². The monoisotopic (exact) mass is 278 g/mol. The van der Waals surface area contributed by atoms with Crippen LogP contribution in [0.2, 0.25) is 0 Å². The summed E-state index contributed by atoms with van der Waals surface area (Å²) in [7, 11) is 0. The average molecular weight is 278 g/mol. The fourth-order valence-electron chi connectivity index (χ4n) is 2.40. The lowest BCUT2D eigenvalue weighted by atomic mass is 10.1. The van der Waals surface area contributed by atoms with E-state index in [1.807, 2.05) is 0 Å². The minimum atomic E-state index is 0.695. The SMILES string of the molecule is Cc1oc(CCCCNC2CC2)cc1CNCC(C)C. The first kappa shape index (κ1) is 15.6. The molecule has 0 atom stereocenters. The van der Waals surface area contributed by atoms with Crippen molar-refractivity contribution in [1.29, 1.82) is 0 Å². The number of unbranched alkanes of at least 4 members (excludes halogenated alkanes) is 1. The van der Waals surface area contributed by atoms with Crippen molar-refractivity contribution < 1.29 is 4.42 Å². The van der Waals surface area contributed by atoms with Gasteiger partial charge in [0.05, 0.1) is 0 Å². The Bertz CT molecular complexity index is 394. The Kier molecular flexibility index (Phi) is 6.11. The van der Waals surface area contributed by atoms with Crippen LogP contribution in [-0.4, -0.2) is 19.1 Å². The van der Waals surface area contributed by atoms with E-state index in [4.69, 9.17) is 4.42 Å². The zero-order valence-electron chi connectivity index (χ0n) is 13.3. The molecule has 0 aromatic carbocycles. The molecule has 1 aromatic rings. The summed E-state index contributed by atoms with van der Waals surface area (Å²) in [6, 6.07) is 3.07. The lowest BCUT2D eigenvalue weighted by Crippen LogP contribution is -2.19. The van der Waals surface area contributed by atoms with E-state index in [0.29, 0.717) is 5.92 Å². The molecule has 0 amide bonds. The number of aryl methyl sites for hydroxylation is 2. The first-order valence-corrected chi connectivity index (χ1v) is 8.17. The first-order valence-electron chi connectivity index (χ1n) is 8.17. The molecule has 1 saturated carbocycles. The number of furan rings is 1. The Balaban J connectivity index is 1.63. The third kappa shape index (κ3) is 5.68. The van der Waals surface area contributed by atoms with Gasteiger partial charge in [0.15, 0.2) is 0 Å². The van der Waals surface area contributed by atoms with Crippen LogP contribution in [0, 0.1) is 12.8 Å². The van der Waals surface area contributed by atoms with Crippen molar-refractivity contribution in [3.63, 3.8) is 0 Å². The molecule has 1 aliphatic rings. The number of nitrogens with one attached hydrogen (secondary N) is 2. The van der Waals surface area contributed by atoms with Gasteiger partial charge < -0.3 is 15.1 Å². The van der Waals surface area contributed by atoms with Gasteiger partial charge in [0.25, 0.3) is 0 Å². The summed E-state index contributed by atoms with van der Waals surface area (Å²) in [4.78, 5) is 0. The van der Waals surface area contributed by atoms with E-state index in [1.165, 1.54) is 31.2 Å². The van der Waals surface area contributed by atoms with Crippen molar-refractivity contribution in [2.24, 2.45) is 5.92 Å². The molecular formula is C17H30N2O. The summed E-state index contributed by atoms with van der Waals surface area (Å²) in [5.74, 6) is 2.92. The smallest absolute Gasteiger partial charge is 0.105 e. The second-order valence-corrected chi connectivity index (χ2v) is 6.50. The molecule has 0 spiro atoms. The second kappa shape index (κ2) is 7.84. The first-order chi connectivity index (χ1) is 9.65. The molecule has 1 aromatic heterocycles. The van der Waals surface area contributed by atoms with Crippen molar-refractivity contribution in [3.8, 4) is 0 Å². The molecule has 3 nitrogen and oxygen atoms in total. The number of hydrogen-bond acceptors (Lipinski definition) is 3. The van der Waals surface area contributed by atoms with Gasteiger partial charge in [-0.1, -0.05) is 13.8 Å². The summed E-state index contributed by atoms with van der Waals surface area (Å²) >= 11 is 0. The molecular weight excluding hydrogens is 248 g/mol. The highest BCUT2D eigenvalue weighted by molar-refractivity contribution is 5.20. The van der Waals surface area contributed by atoms with E-state index in [2.05, 4.69) is 37.5 Å². The Hall–Kier alpha value is -0.800. The predicted octanol–water partition coefficient (Wildman–Crippen LogP) is 3.41. The average Bonchev–Trinajstić information content (AvgIpc) is 3.14. The van der Waals surface area contributed by atoms with Gasteiger partial charge in [-0.05, 0) is 57.7 Å². The van der Waals surface area contributed by atoms with E-state index in [1.54, 1.807) is 0 Å². The molecule has 0 saturated heterocycles. The normalized spacial score (nSPS) is 15.2. The lowest BCUT2D eigenvalue weighted by molar-refractivity contribution is 0.467. The Morgan fingerprint density at radius 2 is 2.10 bits per heavy atom. The van der Waals surface area contributed by atoms with E-state index >= 15 is 0 Å². The van der Waals surface area contributed by atoms with E-state index in [0.717, 1.165) is 43.6 Å². The largest absolute Gasteiger partial charge is 0.466 e. The summed E-state index contributed by atoms with van der Waals surface area (Å²) in [5.41, 5.74) is 1.32. The molecule has 2 N–H and O–H groups in total. The standard InChI is InChI=1S/C17H30N2O/c1-13(2)11-18-12-15-10-17(20-14(15)3)6-4-5-9-19-16-7-8-16/h10,13,16,18-19H,4-9,11-12H2,1-3H3. The van der Waals surface area contributed by atoms with Crippen LogP contribution < -0.4 is 10.6 Å². The summed E-state index contributed by atoms with van der Waals surface area (Å²) in [6.45, 7) is 9.69. The van der Waals surface area contributed by atoms with Gasteiger partial charge in [-0.15, -0.1) is 0 Å². The third-order valence-corrected chi connectivity index (χ3v) is 3.80. The van der Waals surface area contributed by atoms with Gasteiger partial charge in [0, 0.05) is 24.6 Å². The molecule has 0 bridgehead atoms. The van der Waals surface area contributed by atoms with Crippen LogP contribution >= 0.6 is 0 Å². The maximum absolute atomic E-state index is 5.85. The van der Waals surface area contributed by atoms with Crippen LogP contribution in [0.5, 0.6) is 0 Å². The van der Waals surface area contributed by atoms with Crippen LogP contribution in [0.1, 0.15) is 56.6 Å². The quantitative estimate of drug-likeness (QED) is 0.644. The fourth-order valence-corrected chi connectivity index (χ4v) is 2.40. The lowest BCUT2D eigenvalue weighted by Gasteiger charge is -2.05. The van der Waals surface area contributed by atoms with Crippen molar-refractivity contribution >= 4 is 0 Å². The van der Waals surface area contributed by atoms with Crippen LogP contribution in [0.25, 0.3) is 0 Å². The van der Waals surface area contributed by atoms with E-state index in [9.17, 15) is 0 Å². The molecule has 1 aliphatic carbocycles. The van der Waals surface area contributed by atoms with Gasteiger partial charge >= 0.3 is 0 Å². The summed E-state index contributed by atoms with van der Waals surface area (Å²) < 4.78 is 5.85. The Morgan fingerprint density at radius 1 is 1.30 bits per heavy atom. The third-order valence-electron chi connectivity index (χ3n) is 3.80. The summed E-state index contributed by atoms with van der Waals surface area (Å²) in [5, 5.41) is 7.04. The minimum Gasteiger partial charge on any atom is -0.466 e. The zero-order valence-corrected chi connectivity index (χ0v) is 13.3. The van der Waals surface area contributed by atoms with Crippen molar-refractivity contribution in [2.45, 2.75) is 65.5 Å². The molecule has 1 fully saturated rings. The maximum Gasteiger partial charge on any atom is 0.105 e. The van der Waals surface area contributed by atoms with Gasteiger partial charge in [0.1, 0.15) is 11.5 Å². The zero-order chi connectivity index (χ0) is 14.4. The minimum absolute atomic E-state index is 0.695. The maximum atomic E-state index is 5.85. The molecule has 20 heavy (non-hydrogen) atoms. The molecule has 2 rings (SSSR count). The van der Waals surface area contributed by atoms with Crippen LogP contribution in [0.15, 0.2) is 10.5 Å². The molecule has 0 radical (unpaired) electrons. The highest BCUT2D eigenvalue weighted by Gasteiger charge is 2.19. The summed E-state index contributed by atoms with van der Waals surface area (Å²) in [6.07, 6.45) is 6.29. The Morgan fingerprint density at radius 3 is 2.80 bits per heavy atom. The van der Waals surface area contributed by atoms with Crippen LogP contribution in [0.4, 0.5) is 0 Å². The Labute approximate surface area is 123 Å². The molecule has 0 aliphatic heterocycles. The van der Waals surface area contributed by atoms with Crippen molar-refractivity contribution in [3.05, 3.63) is 23.2 Å². The van der Waals surface area contributed by atoms with Gasteiger partial charge in [-0.2, -0.15) is 0 Å².